The van der Waals surface area contributed by atoms with E-state index in [1.54, 1.807) is 7.11 Å². The summed E-state index contributed by atoms with van der Waals surface area (Å²) >= 11 is 0. The van der Waals surface area contributed by atoms with Crippen LogP contribution in [0.25, 0.3) is 0 Å². The topological polar surface area (TPSA) is 59.1 Å². The van der Waals surface area contributed by atoms with Crippen molar-refractivity contribution in [3.8, 4) is 5.75 Å². The normalized spacial score (nSPS) is 23.5. The highest BCUT2D eigenvalue weighted by molar-refractivity contribution is 5.93. The summed E-state index contributed by atoms with van der Waals surface area (Å²) in [4.78, 5) is 11.0. The van der Waals surface area contributed by atoms with Crippen molar-refractivity contribution in [1.29, 1.82) is 0 Å². The molecule has 1 aromatic rings. The van der Waals surface area contributed by atoms with Crippen LogP contribution >= 0.6 is 0 Å². The molecule has 0 amide bonds. The van der Waals surface area contributed by atoms with Gasteiger partial charge < -0.3 is 14.6 Å². The molecule has 1 aromatic carbocycles. The van der Waals surface area contributed by atoms with E-state index in [0.29, 0.717) is 6.42 Å². The molecule has 4 nitrogen and oxygen atoms in total. The zero-order chi connectivity index (χ0) is 10.9. The molecule has 1 aliphatic heterocycles. The summed E-state index contributed by atoms with van der Waals surface area (Å²) in [5, 5.41) is 9.02. The van der Waals surface area contributed by atoms with Gasteiger partial charge in [0.05, 0.1) is 13.7 Å². The monoisotopic (exact) mass is 208 g/mol. The predicted octanol–water partition coefficient (Wildman–Crippen LogP) is 0.526. The molecule has 80 valence electrons. The molecule has 15 heavy (non-hydrogen) atoms. The first-order valence-electron chi connectivity index (χ1n) is 4.67. The molecule has 1 atom stereocenters. The van der Waals surface area contributed by atoms with Crippen LogP contribution in [0.1, 0.15) is 5.56 Å². The Morgan fingerprint density at radius 1 is 1.40 bits per heavy atom. The Kier molecular flexibility index (Phi) is 2.36. The Bertz CT molecular complexity index is 371. The number of hydrogen-bond acceptors (Lipinski definition) is 4. The van der Waals surface area contributed by atoms with E-state index in [1.165, 1.54) is 0 Å². The second-order valence-electron chi connectivity index (χ2n) is 3.57. The Morgan fingerprint density at radius 2 is 2.00 bits per heavy atom. The van der Waals surface area contributed by atoms with E-state index < -0.39 is 5.60 Å². The summed E-state index contributed by atoms with van der Waals surface area (Å²) in [6, 6.07) is 7.33. The maximum atomic E-state index is 11.0. The number of ether oxygens (including phenoxy) is 2. The fourth-order valence-electron chi connectivity index (χ4n) is 1.49. The van der Waals surface area contributed by atoms with Gasteiger partial charge in [-0.1, -0.05) is 12.1 Å². The molecule has 0 saturated carbocycles. The van der Waals surface area contributed by atoms with Gasteiger partial charge in [0.2, 0.25) is 5.60 Å². The van der Waals surface area contributed by atoms with E-state index >= 15 is 0 Å². The SMILES string of the molecule is COc1ccc(C[C@]2(CO)OC2=O)cc1. The van der Waals surface area contributed by atoms with E-state index in [9.17, 15) is 4.79 Å². The quantitative estimate of drug-likeness (QED) is 0.733. The Balaban J connectivity index is 2.08. The van der Waals surface area contributed by atoms with Crippen molar-refractivity contribution in [1.82, 2.24) is 0 Å². The number of methoxy groups -OCH3 is 1. The van der Waals surface area contributed by atoms with Crippen LogP contribution in [0.2, 0.25) is 0 Å². The minimum absolute atomic E-state index is 0.266. The van der Waals surface area contributed by atoms with Crippen LogP contribution in [0.4, 0.5) is 0 Å². The summed E-state index contributed by atoms with van der Waals surface area (Å²) in [5.41, 5.74) is -0.0371. The van der Waals surface area contributed by atoms with Crippen LogP contribution in [0.15, 0.2) is 24.3 Å². The molecule has 0 radical (unpaired) electrons. The molecule has 4 heteroatoms. The fraction of sp³-hybridized carbons (Fsp3) is 0.364. The second kappa shape index (κ2) is 3.55. The van der Waals surface area contributed by atoms with E-state index in [1.807, 2.05) is 24.3 Å². The molecule has 1 fully saturated rings. The van der Waals surface area contributed by atoms with Gasteiger partial charge in [0.15, 0.2) is 0 Å². The lowest BCUT2D eigenvalue weighted by Gasteiger charge is -2.05. The van der Waals surface area contributed by atoms with E-state index in [4.69, 9.17) is 14.6 Å². The van der Waals surface area contributed by atoms with Crippen LogP contribution in [0.3, 0.4) is 0 Å². The molecular formula is C11H12O4. The van der Waals surface area contributed by atoms with Crippen LogP contribution < -0.4 is 4.74 Å². The fourth-order valence-corrected chi connectivity index (χ4v) is 1.49. The van der Waals surface area contributed by atoms with Gasteiger partial charge in [-0.25, -0.2) is 4.79 Å². The van der Waals surface area contributed by atoms with E-state index in [2.05, 4.69) is 0 Å². The number of aliphatic hydroxyl groups excluding tert-OH is 1. The number of carbonyl (C=O) groups is 1. The lowest BCUT2D eigenvalue weighted by Crippen LogP contribution is -2.21. The summed E-state index contributed by atoms with van der Waals surface area (Å²) in [5.74, 6) is 0.431. The molecule has 1 heterocycles. The van der Waals surface area contributed by atoms with Crippen molar-refractivity contribution < 1.29 is 19.4 Å². The first-order chi connectivity index (χ1) is 7.20. The lowest BCUT2D eigenvalue weighted by molar-refractivity contribution is -0.117. The van der Waals surface area contributed by atoms with Crippen molar-refractivity contribution in [3.63, 3.8) is 0 Å². The zero-order valence-electron chi connectivity index (χ0n) is 8.40. The van der Waals surface area contributed by atoms with Crippen molar-refractivity contribution in [2.75, 3.05) is 13.7 Å². The van der Waals surface area contributed by atoms with Crippen molar-refractivity contribution in [2.24, 2.45) is 0 Å². The third-order valence-electron chi connectivity index (χ3n) is 2.52. The van der Waals surface area contributed by atoms with Crippen LogP contribution in [0.5, 0.6) is 5.75 Å². The third kappa shape index (κ3) is 1.80. The van der Waals surface area contributed by atoms with E-state index in [0.717, 1.165) is 11.3 Å². The van der Waals surface area contributed by atoms with Gasteiger partial charge in [-0.15, -0.1) is 0 Å². The molecule has 1 aliphatic rings. The largest absolute Gasteiger partial charge is 0.497 e. The molecule has 0 unspecified atom stereocenters. The lowest BCUT2D eigenvalue weighted by atomic mass is 10.0. The number of hydrogen-bond donors (Lipinski definition) is 1. The maximum absolute atomic E-state index is 11.0. The van der Waals surface area contributed by atoms with Crippen LogP contribution in [-0.2, 0) is 16.0 Å². The zero-order valence-corrected chi connectivity index (χ0v) is 8.40. The molecule has 1 saturated heterocycles. The molecule has 0 spiro atoms. The number of benzene rings is 1. The summed E-state index contributed by atoms with van der Waals surface area (Å²) in [6.45, 7) is -0.266. The number of cyclic esters (lactones) is 1. The van der Waals surface area contributed by atoms with Crippen LogP contribution in [0, 0.1) is 0 Å². The minimum Gasteiger partial charge on any atom is -0.497 e. The highest BCUT2D eigenvalue weighted by Crippen LogP contribution is 2.32. The predicted molar refractivity (Wildman–Crippen MR) is 52.6 cm³/mol. The molecule has 2 rings (SSSR count). The third-order valence-corrected chi connectivity index (χ3v) is 2.52. The van der Waals surface area contributed by atoms with Gasteiger partial charge >= 0.3 is 5.97 Å². The standard InChI is InChI=1S/C11H12O4/c1-14-9-4-2-8(3-5-9)6-11(7-12)10(13)15-11/h2-5,12H,6-7H2,1H3/t11-/m1/s1. The first-order valence-corrected chi connectivity index (χ1v) is 4.67. The first kappa shape index (κ1) is 9.98. The molecule has 0 bridgehead atoms. The maximum Gasteiger partial charge on any atom is 0.354 e. The van der Waals surface area contributed by atoms with Gasteiger partial charge in [-0.3, -0.25) is 0 Å². The van der Waals surface area contributed by atoms with Gasteiger partial charge in [-0.05, 0) is 17.7 Å². The Morgan fingerprint density at radius 3 is 2.40 bits per heavy atom. The van der Waals surface area contributed by atoms with E-state index in [-0.39, 0.29) is 12.6 Å². The van der Waals surface area contributed by atoms with Gasteiger partial charge in [0.25, 0.3) is 0 Å². The van der Waals surface area contributed by atoms with Crippen molar-refractivity contribution in [3.05, 3.63) is 29.8 Å². The van der Waals surface area contributed by atoms with Gasteiger partial charge in [0, 0.05) is 6.42 Å². The smallest absolute Gasteiger partial charge is 0.354 e. The molecule has 0 aliphatic carbocycles. The van der Waals surface area contributed by atoms with Crippen LogP contribution in [-0.4, -0.2) is 30.4 Å². The summed E-state index contributed by atoms with van der Waals surface area (Å²) in [7, 11) is 1.59. The second-order valence-corrected chi connectivity index (χ2v) is 3.57. The number of carbonyl (C=O) groups excluding carboxylic acids is 1. The van der Waals surface area contributed by atoms with Gasteiger partial charge in [0.1, 0.15) is 5.75 Å². The van der Waals surface area contributed by atoms with Gasteiger partial charge in [-0.2, -0.15) is 0 Å². The Labute approximate surface area is 87.4 Å². The van der Waals surface area contributed by atoms with Crippen molar-refractivity contribution >= 4 is 5.97 Å². The molecule has 1 N–H and O–H groups in total. The number of rotatable bonds is 4. The Hall–Kier alpha value is -1.55. The minimum atomic E-state index is -0.978. The summed E-state index contributed by atoms with van der Waals surface area (Å²) < 4.78 is 9.81. The average molecular weight is 208 g/mol. The average Bonchev–Trinajstić information content (AvgIpc) is 2.91. The number of epoxide rings is 1. The van der Waals surface area contributed by atoms with Crippen molar-refractivity contribution in [2.45, 2.75) is 12.0 Å². The number of aliphatic hydroxyl groups is 1. The molecule has 0 aromatic heterocycles. The molecular weight excluding hydrogens is 196 g/mol. The highest BCUT2D eigenvalue weighted by atomic mass is 16.7. The highest BCUT2D eigenvalue weighted by Gasteiger charge is 2.57. The summed E-state index contributed by atoms with van der Waals surface area (Å²) in [6.07, 6.45) is 0.409.